The van der Waals surface area contributed by atoms with Crippen molar-refractivity contribution in [2.24, 2.45) is 0 Å². The van der Waals surface area contributed by atoms with Crippen molar-refractivity contribution in [3.8, 4) is 0 Å². The van der Waals surface area contributed by atoms with E-state index >= 15 is 0 Å². The van der Waals surface area contributed by atoms with E-state index in [0.717, 1.165) is 21.1 Å². The number of aromatic amines is 1. The lowest BCUT2D eigenvalue weighted by atomic mass is 10.2. The smallest absolute Gasteiger partial charge is 0.0682 e. The molecule has 2 aromatic rings. The minimum absolute atomic E-state index is 1.04. The normalized spacial score (nSPS) is 10.5. The highest BCUT2D eigenvalue weighted by Crippen LogP contribution is 2.25. The van der Waals surface area contributed by atoms with Crippen LogP contribution in [0.15, 0.2) is 22.8 Å². The summed E-state index contributed by atoms with van der Waals surface area (Å²) < 4.78 is 1.04. The van der Waals surface area contributed by atoms with E-state index in [4.69, 9.17) is 0 Å². The lowest BCUT2D eigenvalue weighted by Gasteiger charge is -2.01. The van der Waals surface area contributed by atoms with Crippen LogP contribution in [0.3, 0.4) is 0 Å². The monoisotopic (exact) mass is 225 g/mol. The first-order valence-corrected chi connectivity index (χ1v) is 4.41. The number of nitrogens with one attached hydrogen (secondary N) is 2. The van der Waals surface area contributed by atoms with Gasteiger partial charge in [-0.3, -0.25) is 5.10 Å². The van der Waals surface area contributed by atoms with Gasteiger partial charge in [-0.1, -0.05) is 15.9 Å². The molecule has 2 N–H and O–H groups in total. The first-order valence-electron chi connectivity index (χ1n) is 3.61. The molecular formula is C8H8BrN3. The van der Waals surface area contributed by atoms with Gasteiger partial charge in [-0.2, -0.15) is 5.10 Å². The van der Waals surface area contributed by atoms with Crippen molar-refractivity contribution in [1.29, 1.82) is 0 Å². The third-order valence-electron chi connectivity index (χ3n) is 1.79. The van der Waals surface area contributed by atoms with E-state index in [0.29, 0.717) is 0 Å². The standard InChI is InChI=1S/C8H8BrN3/c1-10-7-2-5(9)3-8-6(7)4-11-12-8/h2-4,10H,1H3,(H,11,12). The first-order chi connectivity index (χ1) is 5.81. The minimum Gasteiger partial charge on any atom is -0.387 e. The summed E-state index contributed by atoms with van der Waals surface area (Å²) in [5.41, 5.74) is 2.11. The van der Waals surface area contributed by atoms with Gasteiger partial charge in [0.1, 0.15) is 0 Å². The number of nitrogens with zero attached hydrogens (tertiary/aromatic N) is 1. The minimum atomic E-state index is 1.04. The van der Waals surface area contributed by atoms with E-state index in [9.17, 15) is 0 Å². The Morgan fingerprint density at radius 1 is 1.50 bits per heavy atom. The Hall–Kier alpha value is -1.03. The Morgan fingerprint density at radius 3 is 3.08 bits per heavy atom. The average molecular weight is 226 g/mol. The molecule has 1 aromatic heterocycles. The molecule has 0 radical (unpaired) electrons. The molecule has 0 saturated carbocycles. The van der Waals surface area contributed by atoms with Gasteiger partial charge in [0.15, 0.2) is 0 Å². The third kappa shape index (κ3) is 1.08. The molecule has 0 unspecified atom stereocenters. The maximum atomic E-state index is 3.97. The zero-order chi connectivity index (χ0) is 8.55. The summed E-state index contributed by atoms with van der Waals surface area (Å²) in [6.07, 6.45) is 1.81. The van der Waals surface area contributed by atoms with Crippen molar-refractivity contribution in [2.75, 3.05) is 12.4 Å². The van der Waals surface area contributed by atoms with Gasteiger partial charge in [-0.25, -0.2) is 0 Å². The quantitative estimate of drug-likeness (QED) is 0.783. The summed E-state index contributed by atoms with van der Waals surface area (Å²) in [6.45, 7) is 0. The van der Waals surface area contributed by atoms with Crippen molar-refractivity contribution >= 4 is 32.5 Å². The van der Waals surface area contributed by atoms with E-state index in [1.54, 1.807) is 0 Å². The predicted octanol–water partition coefficient (Wildman–Crippen LogP) is 2.37. The SMILES string of the molecule is CNc1cc(Br)cc2[nH]ncc12. The van der Waals surface area contributed by atoms with Gasteiger partial charge >= 0.3 is 0 Å². The molecule has 2 rings (SSSR count). The Balaban J connectivity index is 2.80. The molecule has 62 valence electrons. The molecule has 0 aliphatic heterocycles. The van der Waals surface area contributed by atoms with Gasteiger partial charge in [0.05, 0.1) is 11.7 Å². The third-order valence-corrected chi connectivity index (χ3v) is 2.25. The van der Waals surface area contributed by atoms with E-state index in [1.807, 2.05) is 25.4 Å². The predicted molar refractivity (Wildman–Crippen MR) is 53.3 cm³/mol. The highest BCUT2D eigenvalue weighted by molar-refractivity contribution is 9.10. The second-order valence-corrected chi connectivity index (χ2v) is 3.45. The van der Waals surface area contributed by atoms with E-state index in [2.05, 4.69) is 31.4 Å². The molecule has 0 bridgehead atoms. The van der Waals surface area contributed by atoms with Gasteiger partial charge in [0.25, 0.3) is 0 Å². The molecular weight excluding hydrogens is 218 g/mol. The molecule has 0 fully saturated rings. The van der Waals surface area contributed by atoms with Crippen LogP contribution in [-0.4, -0.2) is 17.2 Å². The fraction of sp³-hybridized carbons (Fsp3) is 0.125. The highest BCUT2D eigenvalue weighted by Gasteiger charge is 2.02. The molecule has 4 heteroatoms. The molecule has 1 heterocycles. The first kappa shape index (κ1) is 7.61. The largest absolute Gasteiger partial charge is 0.387 e. The van der Waals surface area contributed by atoms with Crippen LogP contribution < -0.4 is 5.32 Å². The van der Waals surface area contributed by atoms with Crippen LogP contribution in [0.5, 0.6) is 0 Å². The van der Waals surface area contributed by atoms with Gasteiger partial charge in [0.2, 0.25) is 0 Å². The van der Waals surface area contributed by atoms with E-state index in [1.165, 1.54) is 0 Å². The summed E-state index contributed by atoms with van der Waals surface area (Å²) in [5.74, 6) is 0. The van der Waals surface area contributed by atoms with Crippen LogP contribution in [0.4, 0.5) is 5.69 Å². The lowest BCUT2D eigenvalue weighted by molar-refractivity contribution is 1.12. The van der Waals surface area contributed by atoms with Crippen molar-refractivity contribution in [1.82, 2.24) is 10.2 Å². The van der Waals surface area contributed by atoms with Crippen LogP contribution in [0, 0.1) is 0 Å². The summed E-state index contributed by atoms with van der Waals surface area (Å²) in [7, 11) is 1.90. The van der Waals surface area contributed by atoms with Gasteiger partial charge < -0.3 is 5.32 Å². The second-order valence-electron chi connectivity index (χ2n) is 2.53. The molecule has 3 nitrogen and oxygen atoms in total. The van der Waals surface area contributed by atoms with E-state index in [-0.39, 0.29) is 0 Å². The zero-order valence-corrected chi connectivity index (χ0v) is 8.14. The Labute approximate surface area is 78.3 Å². The molecule has 0 aliphatic rings. The molecule has 0 spiro atoms. The van der Waals surface area contributed by atoms with Crippen LogP contribution in [-0.2, 0) is 0 Å². The van der Waals surface area contributed by atoms with Crippen molar-refractivity contribution in [3.05, 3.63) is 22.8 Å². The molecule has 0 aliphatic carbocycles. The second kappa shape index (κ2) is 2.79. The van der Waals surface area contributed by atoms with E-state index < -0.39 is 0 Å². The summed E-state index contributed by atoms with van der Waals surface area (Å²) in [4.78, 5) is 0. The van der Waals surface area contributed by atoms with Crippen molar-refractivity contribution in [2.45, 2.75) is 0 Å². The summed E-state index contributed by atoms with van der Waals surface area (Å²) >= 11 is 3.42. The van der Waals surface area contributed by atoms with Crippen LogP contribution in [0.2, 0.25) is 0 Å². The number of hydrogen-bond donors (Lipinski definition) is 2. The van der Waals surface area contributed by atoms with Gasteiger partial charge in [0, 0.05) is 22.6 Å². The fourth-order valence-electron chi connectivity index (χ4n) is 1.22. The molecule has 1 aromatic carbocycles. The Morgan fingerprint density at radius 2 is 2.33 bits per heavy atom. The van der Waals surface area contributed by atoms with Gasteiger partial charge in [-0.15, -0.1) is 0 Å². The fourth-order valence-corrected chi connectivity index (χ4v) is 1.68. The number of rotatable bonds is 1. The molecule has 0 amide bonds. The molecule has 0 saturated heterocycles. The van der Waals surface area contributed by atoms with Crippen molar-refractivity contribution in [3.63, 3.8) is 0 Å². The topological polar surface area (TPSA) is 40.7 Å². The number of aromatic nitrogens is 2. The van der Waals surface area contributed by atoms with Gasteiger partial charge in [-0.05, 0) is 12.1 Å². The van der Waals surface area contributed by atoms with Crippen LogP contribution in [0.1, 0.15) is 0 Å². The number of hydrogen-bond acceptors (Lipinski definition) is 2. The number of fused-ring (bicyclic) bond motifs is 1. The zero-order valence-electron chi connectivity index (χ0n) is 6.56. The average Bonchev–Trinajstić information content (AvgIpc) is 2.50. The maximum absolute atomic E-state index is 3.97. The Kier molecular flexibility index (Phi) is 1.77. The Bertz CT molecular complexity index is 408. The summed E-state index contributed by atoms with van der Waals surface area (Å²) in [5, 5.41) is 11.1. The lowest BCUT2D eigenvalue weighted by Crippen LogP contribution is -1.87. The van der Waals surface area contributed by atoms with Crippen molar-refractivity contribution < 1.29 is 0 Å². The number of anilines is 1. The molecule has 0 atom stereocenters. The van der Waals surface area contributed by atoms with Crippen LogP contribution in [0.25, 0.3) is 10.9 Å². The summed E-state index contributed by atoms with van der Waals surface area (Å²) in [6, 6.07) is 4.03. The maximum Gasteiger partial charge on any atom is 0.0682 e. The molecule has 12 heavy (non-hydrogen) atoms. The van der Waals surface area contributed by atoms with Crippen LogP contribution >= 0.6 is 15.9 Å². The highest BCUT2D eigenvalue weighted by atomic mass is 79.9. The number of halogens is 1. The number of benzene rings is 1. The number of H-pyrrole nitrogens is 1.